The van der Waals surface area contributed by atoms with E-state index in [9.17, 15) is 9.59 Å². The minimum atomic E-state index is -0.732. The summed E-state index contributed by atoms with van der Waals surface area (Å²) in [5.41, 5.74) is 3.81. The van der Waals surface area contributed by atoms with Gasteiger partial charge in [0.15, 0.2) is 16.3 Å². The van der Waals surface area contributed by atoms with E-state index in [-0.39, 0.29) is 12.2 Å². The van der Waals surface area contributed by atoms with Crippen LogP contribution in [0.25, 0.3) is 11.8 Å². The predicted molar refractivity (Wildman–Crippen MR) is 187 cm³/mol. The maximum Gasteiger partial charge on any atom is 0.338 e. The molecule has 0 radical (unpaired) electrons. The van der Waals surface area contributed by atoms with Crippen LogP contribution >= 0.6 is 43.2 Å². The van der Waals surface area contributed by atoms with Crippen molar-refractivity contribution in [3.05, 3.63) is 154 Å². The molecule has 1 atom stereocenters. The van der Waals surface area contributed by atoms with Crippen LogP contribution in [-0.2, 0) is 16.1 Å². The molecule has 0 fully saturated rings. The van der Waals surface area contributed by atoms with Gasteiger partial charge in [-0.1, -0.05) is 100 Å². The van der Waals surface area contributed by atoms with Gasteiger partial charge in [-0.3, -0.25) is 9.36 Å². The zero-order valence-electron chi connectivity index (χ0n) is 24.9. The van der Waals surface area contributed by atoms with E-state index < -0.39 is 12.0 Å². The Morgan fingerprint density at radius 2 is 1.67 bits per heavy atom. The average molecular weight is 761 g/mol. The molecule has 0 N–H and O–H groups in total. The van der Waals surface area contributed by atoms with Gasteiger partial charge in [-0.05, 0) is 69.9 Å². The lowest BCUT2D eigenvalue weighted by Crippen LogP contribution is -2.39. The molecule has 4 aromatic carbocycles. The molecule has 232 valence electrons. The maximum absolute atomic E-state index is 14.2. The number of halogens is 2. The number of carbonyl (C=O) groups excluding carboxylic acids is 1. The Morgan fingerprint density at radius 1 is 0.978 bits per heavy atom. The molecule has 0 aliphatic carbocycles. The summed E-state index contributed by atoms with van der Waals surface area (Å²) in [4.78, 5) is 33.2. The van der Waals surface area contributed by atoms with Crippen molar-refractivity contribution in [1.82, 2.24) is 4.57 Å². The van der Waals surface area contributed by atoms with Crippen LogP contribution in [0.4, 0.5) is 0 Å². The van der Waals surface area contributed by atoms with Crippen molar-refractivity contribution in [2.75, 3.05) is 13.7 Å². The number of fused-ring (bicyclic) bond motifs is 1. The Kier molecular flexibility index (Phi) is 9.67. The number of rotatable bonds is 9. The SMILES string of the molecule is CCOC(=O)C1=C(c2ccccc2)N=c2s/c(=C\c3cc(Br)c(OCc4ccc(Br)cc4)c(OC)c3)c(=O)n2[C@H]1c1ccccc1. The average Bonchev–Trinajstić information content (AvgIpc) is 3.38. The molecule has 0 unspecified atom stereocenters. The Labute approximate surface area is 286 Å². The monoisotopic (exact) mass is 758 g/mol. The van der Waals surface area contributed by atoms with E-state index in [1.54, 1.807) is 24.7 Å². The van der Waals surface area contributed by atoms with E-state index in [2.05, 4.69) is 31.9 Å². The third kappa shape index (κ3) is 6.51. The first kappa shape index (κ1) is 31.7. The largest absolute Gasteiger partial charge is 0.493 e. The van der Waals surface area contributed by atoms with Crippen molar-refractivity contribution in [3.63, 3.8) is 0 Å². The predicted octanol–water partition coefficient (Wildman–Crippen LogP) is 7.05. The fourth-order valence-corrected chi connectivity index (χ4v) is 7.08. The maximum atomic E-state index is 14.2. The highest BCUT2D eigenvalue weighted by Gasteiger charge is 2.35. The smallest absolute Gasteiger partial charge is 0.338 e. The van der Waals surface area contributed by atoms with Gasteiger partial charge in [0.25, 0.3) is 5.56 Å². The van der Waals surface area contributed by atoms with Crippen molar-refractivity contribution in [1.29, 1.82) is 0 Å². The minimum Gasteiger partial charge on any atom is -0.493 e. The number of benzene rings is 4. The molecule has 0 spiro atoms. The van der Waals surface area contributed by atoms with Crippen molar-refractivity contribution >= 4 is 60.9 Å². The summed E-state index contributed by atoms with van der Waals surface area (Å²) in [5.74, 6) is 0.559. The van der Waals surface area contributed by atoms with Crippen LogP contribution in [0.15, 0.2) is 121 Å². The van der Waals surface area contributed by atoms with Gasteiger partial charge in [0.2, 0.25) is 0 Å². The van der Waals surface area contributed by atoms with Crippen LogP contribution in [0.5, 0.6) is 11.5 Å². The first-order valence-electron chi connectivity index (χ1n) is 14.5. The second-order valence-electron chi connectivity index (χ2n) is 10.3. The molecule has 7 nitrogen and oxygen atoms in total. The number of nitrogens with zero attached hydrogens (tertiary/aromatic N) is 2. The molecule has 1 aliphatic heterocycles. The fourth-order valence-electron chi connectivity index (χ4n) is 5.24. The normalized spacial score (nSPS) is 14.4. The topological polar surface area (TPSA) is 79.1 Å². The van der Waals surface area contributed by atoms with Crippen LogP contribution < -0.4 is 24.4 Å². The zero-order valence-corrected chi connectivity index (χ0v) is 28.9. The van der Waals surface area contributed by atoms with Gasteiger partial charge in [0, 0.05) is 10.0 Å². The highest BCUT2D eigenvalue weighted by molar-refractivity contribution is 9.10. The summed E-state index contributed by atoms with van der Waals surface area (Å²) >= 11 is 8.36. The number of carbonyl (C=O) groups is 1. The van der Waals surface area contributed by atoms with Crippen LogP contribution in [0.2, 0.25) is 0 Å². The Hall–Kier alpha value is -4.25. The van der Waals surface area contributed by atoms with E-state index in [1.807, 2.05) is 97.1 Å². The van der Waals surface area contributed by atoms with Crippen molar-refractivity contribution in [2.24, 2.45) is 4.99 Å². The van der Waals surface area contributed by atoms with Crippen LogP contribution in [-0.4, -0.2) is 24.3 Å². The first-order chi connectivity index (χ1) is 22.4. The Balaban J connectivity index is 1.48. The van der Waals surface area contributed by atoms with Gasteiger partial charge in [-0.2, -0.15) is 0 Å². The lowest BCUT2D eigenvalue weighted by molar-refractivity contribution is -0.138. The molecular weight excluding hydrogens is 732 g/mol. The summed E-state index contributed by atoms with van der Waals surface area (Å²) in [6, 6.07) is 29.9. The highest BCUT2D eigenvalue weighted by Crippen LogP contribution is 2.38. The molecule has 0 amide bonds. The second-order valence-corrected chi connectivity index (χ2v) is 13.1. The second kappa shape index (κ2) is 14.0. The van der Waals surface area contributed by atoms with Gasteiger partial charge in [0.1, 0.15) is 6.61 Å². The molecule has 1 aromatic heterocycles. The summed E-state index contributed by atoms with van der Waals surface area (Å²) in [7, 11) is 1.58. The van der Waals surface area contributed by atoms with Gasteiger partial charge < -0.3 is 14.2 Å². The van der Waals surface area contributed by atoms with Gasteiger partial charge in [-0.15, -0.1) is 0 Å². The molecule has 6 rings (SSSR count). The molecule has 0 saturated heterocycles. The summed E-state index contributed by atoms with van der Waals surface area (Å²) in [6.45, 7) is 2.30. The van der Waals surface area contributed by atoms with E-state index in [4.69, 9.17) is 19.2 Å². The molecule has 0 saturated carbocycles. The number of methoxy groups -OCH3 is 1. The molecule has 5 aromatic rings. The zero-order chi connectivity index (χ0) is 32.2. The Bertz CT molecular complexity index is 2110. The minimum absolute atomic E-state index is 0.190. The quantitative estimate of drug-likeness (QED) is 0.151. The molecular formula is C36H28Br2N2O5S. The summed E-state index contributed by atoms with van der Waals surface area (Å²) < 4.78 is 21.1. The fraction of sp³-hybridized carbons (Fsp3) is 0.139. The third-order valence-electron chi connectivity index (χ3n) is 7.33. The number of esters is 1. The lowest BCUT2D eigenvalue weighted by atomic mass is 9.93. The van der Waals surface area contributed by atoms with Gasteiger partial charge in [-0.25, -0.2) is 9.79 Å². The van der Waals surface area contributed by atoms with Crippen LogP contribution in [0, 0.1) is 0 Å². The number of ether oxygens (including phenoxy) is 3. The van der Waals surface area contributed by atoms with Gasteiger partial charge >= 0.3 is 5.97 Å². The van der Waals surface area contributed by atoms with Crippen LogP contribution in [0.1, 0.15) is 35.2 Å². The highest BCUT2D eigenvalue weighted by atomic mass is 79.9. The summed E-state index contributed by atoms with van der Waals surface area (Å²) in [5, 5.41) is 0. The van der Waals surface area contributed by atoms with Gasteiger partial charge in [0.05, 0.1) is 40.0 Å². The first-order valence-corrected chi connectivity index (χ1v) is 16.9. The number of hydrogen-bond donors (Lipinski definition) is 0. The van der Waals surface area contributed by atoms with Crippen molar-refractivity contribution in [3.8, 4) is 11.5 Å². The Morgan fingerprint density at radius 3 is 2.35 bits per heavy atom. The molecule has 0 bridgehead atoms. The number of thiazole rings is 1. The number of hydrogen-bond acceptors (Lipinski definition) is 7. The molecule has 1 aliphatic rings. The van der Waals surface area contributed by atoms with E-state index in [0.29, 0.717) is 43.2 Å². The number of aromatic nitrogens is 1. The van der Waals surface area contributed by atoms with Crippen LogP contribution in [0.3, 0.4) is 0 Å². The molecule has 46 heavy (non-hydrogen) atoms. The van der Waals surface area contributed by atoms with E-state index in [1.165, 1.54) is 11.3 Å². The lowest BCUT2D eigenvalue weighted by Gasteiger charge is -2.25. The standard InChI is InChI=1S/C36H28Br2N2O5S/c1-3-44-35(42)30-31(24-10-6-4-7-11-24)39-36-40(32(30)25-12-8-5-9-13-25)34(41)29(46-36)20-23-18-27(38)33(28(19-23)43-2)45-21-22-14-16-26(37)17-15-22/h4-20,32H,3,21H2,1-2H3/b29-20-/t32-/m0/s1. The van der Waals surface area contributed by atoms with E-state index >= 15 is 0 Å². The summed E-state index contributed by atoms with van der Waals surface area (Å²) in [6.07, 6.45) is 1.80. The molecule has 10 heteroatoms. The van der Waals surface area contributed by atoms with Crippen molar-refractivity contribution < 1.29 is 19.0 Å². The van der Waals surface area contributed by atoms with Crippen molar-refractivity contribution in [2.45, 2.75) is 19.6 Å². The van der Waals surface area contributed by atoms with E-state index in [0.717, 1.165) is 26.7 Å². The molecule has 2 heterocycles. The third-order valence-corrected chi connectivity index (χ3v) is 9.44.